The first kappa shape index (κ1) is 26.4. The predicted molar refractivity (Wildman–Crippen MR) is 137 cm³/mol. The summed E-state index contributed by atoms with van der Waals surface area (Å²) in [5, 5.41) is 4.08. The Morgan fingerprint density at radius 3 is 2.51 bits per heavy atom. The molecule has 13 heteroatoms. The SMILES string of the molecule is CCC(=O)N(c1ccc(S(=O)(=O)Nc2ccon2)cn1)c1cc(F)c(-c2ccc(Cl)c(Cl)c2)cc1OC. The molecule has 0 unspecified atom stereocenters. The van der Waals surface area contributed by atoms with Crippen LogP contribution in [0.5, 0.6) is 5.75 Å². The van der Waals surface area contributed by atoms with E-state index in [0.717, 1.165) is 17.2 Å². The molecule has 4 rings (SSSR count). The minimum atomic E-state index is -4.02. The number of halogens is 3. The van der Waals surface area contributed by atoms with Crippen molar-refractivity contribution in [2.75, 3.05) is 16.7 Å². The zero-order valence-corrected chi connectivity index (χ0v) is 21.7. The van der Waals surface area contributed by atoms with Crippen molar-refractivity contribution in [1.82, 2.24) is 10.1 Å². The van der Waals surface area contributed by atoms with Crippen molar-refractivity contribution >= 4 is 56.5 Å². The molecule has 2 aromatic carbocycles. The molecule has 192 valence electrons. The first-order chi connectivity index (χ1) is 17.6. The number of methoxy groups -OCH3 is 1. The van der Waals surface area contributed by atoms with Gasteiger partial charge in [0.15, 0.2) is 5.82 Å². The number of nitrogens with zero attached hydrogens (tertiary/aromatic N) is 3. The standard InChI is InChI=1S/C24H19Cl2FN4O5S/c1-3-24(32)31(23-7-5-15(13-28-23)37(33,34)30-22-8-9-36-29-22)20-12-19(27)16(11-21(20)35-2)14-4-6-17(25)18(26)10-14/h4-13H,3H2,1-2H3,(H,29,30). The highest BCUT2D eigenvalue weighted by Gasteiger charge is 2.25. The Morgan fingerprint density at radius 2 is 1.92 bits per heavy atom. The number of nitrogens with one attached hydrogen (secondary N) is 1. The van der Waals surface area contributed by atoms with E-state index >= 15 is 4.39 Å². The third kappa shape index (κ3) is 5.53. The number of sulfonamides is 1. The fourth-order valence-corrected chi connectivity index (χ4v) is 4.67. The summed E-state index contributed by atoms with van der Waals surface area (Å²) >= 11 is 12.1. The zero-order valence-electron chi connectivity index (χ0n) is 19.4. The lowest BCUT2D eigenvalue weighted by Crippen LogP contribution is -2.26. The molecular formula is C24H19Cl2FN4O5S. The topological polar surface area (TPSA) is 115 Å². The van der Waals surface area contributed by atoms with Gasteiger partial charge in [-0.05, 0) is 35.9 Å². The summed E-state index contributed by atoms with van der Waals surface area (Å²) in [5.74, 6) is -0.847. The Bertz CT molecular complexity index is 1550. The molecule has 4 aromatic rings. The van der Waals surface area contributed by atoms with E-state index in [1.54, 1.807) is 19.1 Å². The molecule has 0 aliphatic carbocycles. The van der Waals surface area contributed by atoms with Gasteiger partial charge in [-0.15, -0.1) is 0 Å². The van der Waals surface area contributed by atoms with Gasteiger partial charge >= 0.3 is 0 Å². The van der Waals surface area contributed by atoms with Crippen LogP contribution < -0.4 is 14.4 Å². The van der Waals surface area contributed by atoms with Crippen molar-refractivity contribution in [3.63, 3.8) is 0 Å². The number of anilines is 3. The number of benzene rings is 2. The summed E-state index contributed by atoms with van der Waals surface area (Å²) in [6, 6.07) is 11.2. The Morgan fingerprint density at radius 1 is 1.14 bits per heavy atom. The molecular weight excluding hydrogens is 546 g/mol. The molecule has 0 aliphatic heterocycles. The second kappa shape index (κ2) is 10.8. The van der Waals surface area contributed by atoms with E-state index in [4.69, 9.17) is 27.9 Å². The number of carbonyl (C=O) groups is 1. The number of pyridine rings is 1. The molecule has 0 radical (unpaired) electrons. The van der Waals surface area contributed by atoms with Crippen LogP contribution in [-0.2, 0) is 14.8 Å². The Hall–Kier alpha value is -3.67. The van der Waals surface area contributed by atoms with E-state index in [9.17, 15) is 13.2 Å². The van der Waals surface area contributed by atoms with Gasteiger partial charge in [0.2, 0.25) is 5.91 Å². The van der Waals surface area contributed by atoms with Crippen molar-refractivity contribution in [3.05, 3.63) is 76.9 Å². The summed E-state index contributed by atoms with van der Waals surface area (Å²) in [6.07, 6.45) is 2.34. The lowest BCUT2D eigenvalue weighted by Gasteiger charge is -2.24. The molecule has 0 saturated carbocycles. The highest BCUT2D eigenvalue weighted by Crippen LogP contribution is 2.40. The molecule has 2 heterocycles. The van der Waals surface area contributed by atoms with Crippen LogP contribution in [0.4, 0.5) is 21.7 Å². The van der Waals surface area contributed by atoms with Crippen LogP contribution in [0.3, 0.4) is 0 Å². The summed E-state index contributed by atoms with van der Waals surface area (Å²) in [7, 11) is -2.64. The van der Waals surface area contributed by atoms with Gasteiger partial charge in [0, 0.05) is 30.3 Å². The summed E-state index contributed by atoms with van der Waals surface area (Å²) in [4.78, 5) is 18.1. The summed E-state index contributed by atoms with van der Waals surface area (Å²) in [6.45, 7) is 1.63. The molecule has 0 fully saturated rings. The van der Waals surface area contributed by atoms with E-state index in [0.29, 0.717) is 10.6 Å². The summed E-state index contributed by atoms with van der Waals surface area (Å²) < 4.78 is 52.9. The number of aromatic nitrogens is 2. The smallest absolute Gasteiger partial charge is 0.264 e. The van der Waals surface area contributed by atoms with Crippen LogP contribution in [0.1, 0.15) is 13.3 Å². The maximum atomic E-state index is 15.3. The third-order valence-electron chi connectivity index (χ3n) is 5.23. The van der Waals surface area contributed by atoms with Gasteiger partial charge < -0.3 is 9.26 Å². The van der Waals surface area contributed by atoms with Crippen LogP contribution in [0.2, 0.25) is 10.0 Å². The van der Waals surface area contributed by atoms with Gasteiger partial charge in [0.05, 0.1) is 22.8 Å². The molecule has 0 aliphatic rings. The predicted octanol–water partition coefficient (Wildman–Crippen LogP) is 6.07. The number of amides is 1. The quantitative estimate of drug-likeness (QED) is 0.276. The molecule has 1 N–H and O–H groups in total. The van der Waals surface area contributed by atoms with Crippen molar-refractivity contribution in [2.24, 2.45) is 0 Å². The van der Waals surface area contributed by atoms with Crippen LogP contribution >= 0.6 is 23.2 Å². The van der Waals surface area contributed by atoms with Crippen molar-refractivity contribution in [2.45, 2.75) is 18.2 Å². The molecule has 0 bridgehead atoms. The van der Waals surface area contributed by atoms with E-state index in [-0.39, 0.29) is 45.0 Å². The van der Waals surface area contributed by atoms with Crippen LogP contribution in [0.25, 0.3) is 11.1 Å². The van der Waals surface area contributed by atoms with Gasteiger partial charge in [-0.2, -0.15) is 0 Å². The first-order valence-electron chi connectivity index (χ1n) is 10.7. The minimum absolute atomic E-state index is 0.00543. The number of carbonyl (C=O) groups excluding carboxylic acids is 1. The number of rotatable bonds is 8. The monoisotopic (exact) mass is 564 g/mol. The fraction of sp³-hybridized carbons (Fsp3) is 0.125. The van der Waals surface area contributed by atoms with Crippen LogP contribution in [0, 0.1) is 5.82 Å². The Kier molecular flexibility index (Phi) is 7.67. The largest absolute Gasteiger partial charge is 0.495 e. The highest BCUT2D eigenvalue weighted by atomic mass is 35.5. The molecule has 0 saturated heterocycles. The third-order valence-corrected chi connectivity index (χ3v) is 7.31. The van der Waals surface area contributed by atoms with Crippen molar-refractivity contribution in [3.8, 4) is 16.9 Å². The average Bonchev–Trinajstić information content (AvgIpc) is 3.38. The molecule has 2 aromatic heterocycles. The van der Waals surface area contributed by atoms with Gasteiger partial charge in [-0.1, -0.05) is 41.3 Å². The lowest BCUT2D eigenvalue weighted by molar-refractivity contribution is -0.117. The first-order valence-corrected chi connectivity index (χ1v) is 12.9. The van der Waals surface area contributed by atoms with Crippen molar-refractivity contribution in [1.29, 1.82) is 0 Å². The van der Waals surface area contributed by atoms with Gasteiger partial charge in [-0.25, -0.2) is 17.8 Å². The number of hydrogen-bond acceptors (Lipinski definition) is 7. The molecule has 1 amide bonds. The van der Waals surface area contributed by atoms with E-state index < -0.39 is 21.7 Å². The van der Waals surface area contributed by atoms with Crippen LogP contribution in [0.15, 0.2) is 70.4 Å². The molecule has 9 nitrogen and oxygen atoms in total. The van der Waals surface area contributed by atoms with Crippen molar-refractivity contribution < 1.29 is 26.9 Å². The van der Waals surface area contributed by atoms with E-state index in [1.807, 2.05) is 0 Å². The second-order valence-electron chi connectivity index (χ2n) is 7.56. The average molecular weight is 565 g/mol. The summed E-state index contributed by atoms with van der Waals surface area (Å²) in [5.41, 5.74) is 0.716. The zero-order chi connectivity index (χ0) is 26.7. The highest BCUT2D eigenvalue weighted by molar-refractivity contribution is 7.92. The lowest BCUT2D eigenvalue weighted by atomic mass is 10.0. The van der Waals surface area contributed by atoms with Gasteiger partial charge in [0.25, 0.3) is 10.0 Å². The van der Waals surface area contributed by atoms with Crippen LogP contribution in [-0.4, -0.2) is 31.6 Å². The van der Waals surface area contributed by atoms with Gasteiger partial charge in [-0.3, -0.25) is 14.4 Å². The Labute approximate surface area is 221 Å². The number of ether oxygens (including phenoxy) is 1. The Balaban J connectivity index is 1.75. The number of hydrogen-bond donors (Lipinski definition) is 1. The normalized spacial score (nSPS) is 11.3. The second-order valence-corrected chi connectivity index (χ2v) is 10.1. The molecule has 37 heavy (non-hydrogen) atoms. The van der Waals surface area contributed by atoms with Gasteiger partial charge in [0.1, 0.15) is 28.5 Å². The maximum Gasteiger partial charge on any atom is 0.264 e. The van der Waals surface area contributed by atoms with E-state index in [1.165, 1.54) is 43.7 Å². The fourth-order valence-electron chi connectivity index (χ4n) is 3.44. The maximum absolute atomic E-state index is 15.3. The molecule has 0 spiro atoms. The minimum Gasteiger partial charge on any atom is -0.495 e. The van der Waals surface area contributed by atoms with E-state index in [2.05, 4.69) is 19.4 Å². The molecule has 0 atom stereocenters.